The maximum absolute atomic E-state index is 13.2. The van der Waals surface area contributed by atoms with Crippen LogP contribution in [0.5, 0.6) is 0 Å². The molecule has 0 bridgehead atoms. The van der Waals surface area contributed by atoms with Gasteiger partial charge in [-0.25, -0.2) is 9.59 Å². The Kier molecular flexibility index (Phi) is 11.3. The molecule has 1 N–H and O–H groups in total. The minimum Gasteiger partial charge on any atom is -0.448 e. The van der Waals surface area contributed by atoms with Gasteiger partial charge in [0.05, 0.1) is 18.8 Å². The van der Waals surface area contributed by atoms with Crippen molar-refractivity contribution in [2.45, 2.75) is 19.4 Å². The van der Waals surface area contributed by atoms with Crippen molar-refractivity contribution in [3.05, 3.63) is 114 Å². The Morgan fingerprint density at radius 1 is 0.810 bits per heavy atom. The summed E-state index contributed by atoms with van der Waals surface area (Å²) in [5.74, 6) is -0.106. The molecule has 8 nitrogen and oxygen atoms in total. The highest BCUT2D eigenvalue weighted by atomic mass is 79.9. The lowest BCUT2D eigenvalue weighted by Crippen LogP contribution is -2.38. The lowest BCUT2D eigenvalue weighted by molar-refractivity contribution is -0.118. The minimum atomic E-state index is -0.618. The molecule has 3 amide bonds. The van der Waals surface area contributed by atoms with Gasteiger partial charge in [-0.3, -0.25) is 10.1 Å². The van der Waals surface area contributed by atoms with Gasteiger partial charge in [0.1, 0.15) is 13.2 Å². The Hall–Kier alpha value is -4.37. The molecule has 0 heterocycles. The van der Waals surface area contributed by atoms with Crippen LogP contribution in [0.25, 0.3) is 10.8 Å². The molecular formula is C33H33BrN3O5. The zero-order valence-corrected chi connectivity index (χ0v) is 24.8. The molecule has 0 atom stereocenters. The van der Waals surface area contributed by atoms with Crippen LogP contribution >= 0.6 is 15.9 Å². The molecule has 4 aromatic carbocycles. The molecule has 0 aliphatic rings. The molecule has 0 aliphatic carbocycles. The number of halogens is 1. The molecule has 0 saturated carbocycles. The van der Waals surface area contributed by atoms with Crippen molar-refractivity contribution in [2.24, 2.45) is 0 Å². The van der Waals surface area contributed by atoms with E-state index in [0.29, 0.717) is 17.8 Å². The first-order valence-electron chi connectivity index (χ1n) is 13.7. The van der Waals surface area contributed by atoms with E-state index in [1.54, 1.807) is 4.90 Å². The van der Waals surface area contributed by atoms with Crippen molar-refractivity contribution in [1.29, 1.82) is 0 Å². The lowest BCUT2D eigenvalue weighted by atomic mass is 10.1. The van der Waals surface area contributed by atoms with E-state index in [-0.39, 0.29) is 45.2 Å². The standard InChI is InChI=1S/C33H33BrN3O5/c1-2-10-31(38)37(28-16-9-15-27(34)23-28)20-22-42-33(40)36(24-25-11-4-3-5-12-25)19-21-41-32(39)35-30-18-8-14-26-13-6-7-17-29(26)30/h3-9,11-18,23H,1-2,10,19-22,24H2,(H,35,39). The largest absolute Gasteiger partial charge is 0.448 e. The van der Waals surface area contributed by atoms with E-state index >= 15 is 0 Å². The summed E-state index contributed by atoms with van der Waals surface area (Å²) in [6.07, 6.45) is -0.454. The van der Waals surface area contributed by atoms with Crippen molar-refractivity contribution in [3.8, 4) is 0 Å². The first-order chi connectivity index (χ1) is 20.4. The van der Waals surface area contributed by atoms with Crippen LogP contribution in [0.3, 0.4) is 0 Å². The summed E-state index contributed by atoms with van der Waals surface area (Å²) in [4.78, 5) is 41.6. The summed E-state index contributed by atoms with van der Waals surface area (Å²) in [6, 6.07) is 30.2. The third kappa shape index (κ3) is 8.81. The van der Waals surface area contributed by atoms with Crippen molar-refractivity contribution < 1.29 is 23.9 Å². The normalized spacial score (nSPS) is 10.6. The number of carbonyl (C=O) groups is 3. The molecule has 4 aromatic rings. The quantitative estimate of drug-likeness (QED) is 0.176. The van der Waals surface area contributed by atoms with E-state index in [4.69, 9.17) is 9.47 Å². The first kappa shape index (κ1) is 30.6. The fraction of sp³-hybridized carbons (Fsp3) is 0.212. The van der Waals surface area contributed by atoms with E-state index in [2.05, 4.69) is 28.2 Å². The van der Waals surface area contributed by atoms with E-state index in [1.165, 1.54) is 4.90 Å². The molecule has 0 fully saturated rings. The summed E-state index contributed by atoms with van der Waals surface area (Å²) in [5, 5.41) is 4.68. The van der Waals surface area contributed by atoms with E-state index in [9.17, 15) is 14.4 Å². The van der Waals surface area contributed by atoms with Gasteiger partial charge in [0.25, 0.3) is 0 Å². The van der Waals surface area contributed by atoms with E-state index in [1.807, 2.05) is 97.1 Å². The Morgan fingerprint density at radius 2 is 1.52 bits per heavy atom. The zero-order chi connectivity index (χ0) is 29.7. The topological polar surface area (TPSA) is 88.2 Å². The maximum Gasteiger partial charge on any atom is 0.411 e. The second-order valence-electron chi connectivity index (χ2n) is 9.44. The summed E-state index contributed by atoms with van der Waals surface area (Å²) < 4.78 is 11.9. The molecule has 0 spiro atoms. The van der Waals surface area contributed by atoms with Gasteiger partial charge >= 0.3 is 12.2 Å². The number of ether oxygens (including phenoxy) is 2. The fourth-order valence-corrected chi connectivity index (χ4v) is 4.80. The maximum atomic E-state index is 13.2. The third-order valence-corrected chi connectivity index (χ3v) is 6.94. The van der Waals surface area contributed by atoms with Crippen molar-refractivity contribution in [3.63, 3.8) is 0 Å². The fourth-order valence-electron chi connectivity index (χ4n) is 4.41. The number of rotatable bonds is 12. The zero-order valence-electron chi connectivity index (χ0n) is 23.2. The number of anilines is 2. The van der Waals surface area contributed by atoms with Crippen LogP contribution in [0, 0.1) is 6.92 Å². The lowest BCUT2D eigenvalue weighted by Gasteiger charge is -2.25. The smallest absolute Gasteiger partial charge is 0.411 e. The number of hydrogen-bond donors (Lipinski definition) is 1. The highest BCUT2D eigenvalue weighted by molar-refractivity contribution is 9.10. The van der Waals surface area contributed by atoms with Crippen molar-refractivity contribution in [2.75, 3.05) is 36.5 Å². The van der Waals surface area contributed by atoms with Gasteiger partial charge in [-0.2, -0.15) is 0 Å². The number of nitrogens with one attached hydrogen (secondary N) is 1. The van der Waals surface area contributed by atoms with Gasteiger partial charge in [0, 0.05) is 28.5 Å². The van der Waals surface area contributed by atoms with Crippen LogP contribution in [-0.4, -0.2) is 49.3 Å². The van der Waals surface area contributed by atoms with Crippen LogP contribution in [-0.2, 0) is 20.8 Å². The number of benzene rings is 4. The predicted octanol–water partition coefficient (Wildman–Crippen LogP) is 7.44. The van der Waals surface area contributed by atoms with Crippen LogP contribution in [0.4, 0.5) is 21.0 Å². The molecule has 42 heavy (non-hydrogen) atoms. The van der Waals surface area contributed by atoms with Gasteiger partial charge in [-0.1, -0.05) is 95.7 Å². The Bertz CT molecular complexity index is 1490. The molecule has 0 unspecified atom stereocenters. The Morgan fingerprint density at radius 3 is 2.31 bits per heavy atom. The molecule has 0 aliphatic heterocycles. The molecule has 1 radical (unpaired) electrons. The van der Waals surface area contributed by atoms with Crippen molar-refractivity contribution in [1.82, 2.24) is 4.90 Å². The van der Waals surface area contributed by atoms with Gasteiger partial charge in [0.2, 0.25) is 5.91 Å². The summed E-state index contributed by atoms with van der Waals surface area (Å²) in [5.41, 5.74) is 2.24. The number of amides is 3. The Labute approximate surface area is 254 Å². The highest BCUT2D eigenvalue weighted by Crippen LogP contribution is 2.23. The highest BCUT2D eigenvalue weighted by Gasteiger charge is 2.20. The van der Waals surface area contributed by atoms with E-state index in [0.717, 1.165) is 20.8 Å². The van der Waals surface area contributed by atoms with Gasteiger partial charge in [0.15, 0.2) is 0 Å². The molecule has 0 saturated heterocycles. The monoisotopic (exact) mass is 630 g/mol. The summed E-state index contributed by atoms with van der Waals surface area (Å²) >= 11 is 3.44. The van der Waals surface area contributed by atoms with Crippen LogP contribution in [0.2, 0.25) is 0 Å². The second-order valence-corrected chi connectivity index (χ2v) is 10.4. The number of carbonyl (C=O) groups excluding carboxylic acids is 3. The second kappa shape index (κ2) is 15.6. The predicted molar refractivity (Wildman–Crippen MR) is 168 cm³/mol. The van der Waals surface area contributed by atoms with Crippen LogP contribution in [0.1, 0.15) is 18.4 Å². The van der Waals surface area contributed by atoms with Crippen LogP contribution < -0.4 is 10.2 Å². The molecular weight excluding hydrogens is 598 g/mol. The molecule has 4 rings (SSSR count). The van der Waals surface area contributed by atoms with Gasteiger partial charge < -0.3 is 19.3 Å². The third-order valence-electron chi connectivity index (χ3n) is 6.45. The van der Waals surface area contributed by atoms with Crippen LogP contribution in [0.15, 0.2) is 102 Å². The summed E-state index contributed by atoms with van der Waals surface area (Å²) in [6.45, 7) is 4.30. The van der Waals surface area contributed by atoms with Crippen molar-refractivity contribution >= 4 is 56.2 Å². The minimum absolute atomic E-state index is 0.0120. The Balaban J connectivity index is 1.36. The summed E-state index contributed by atoms with van der Waals surface area (Å²) in [7, 11) is 0. The van der Waals surface area contributed by atoms with Gasteiger partial charge in [-0.05, 0) is 41.6 Å². The molecule has 9 heteroatoms. The molecule has 217 valence electrons. The average molecular weight is 632 g/mol. The number of nitrogens with zero attached hydrogens (tertiary/aromatic N) is 2. The molecule has 0 aromatic heterocycles. The van der Waals surface area contributed by atoms with Gasteiger partial charge in [-0.15, -0.1) is 0 Å². The SMILES string of the molecule is [CH2]CCC(=O)N(CCOC(=O)N(CCOC(=O)Nc1cccc2ccccc12)Cc1ccccc1)c1cccc(Br)c1. The first-order valence-corrected chi connectivity index (χ1v) is 14.5. The van der Waals surface area contributed by atoms with E-state index < -0.39 is 12.2 Å². The number of hydrogen-bond acceptors (Lipinski definition) is 5. The average Bonchev–Trinajstić information content (AvgIpc) is 2.99. The number of fused-ring (bicyclic) bond motifs is 1.